The van der Waals surface area contributed by atoms with Gasteiger partial charge in [-0.05, 0) is 29.2 Å². The van der Waals surface area contributed by atoms with Crippen LogP contribution in [0.25, 0.3) is 11.1 Å². The van der Waals surface area contributed by atoms with Crippen molar-refractivity contribution in [3.63, 3.8) is 0 Å². The van der Waals surface area contributed by atoms with Crippen molar-refractivity contribution in [2.24, 2.45) is 4.99 Å². The molecule has 7 heteroatoms. The van der Waals surface area contributed by atoms with Gasteiger partial charge in [-0.25, -0.2) is 9.79 Å². The molecular weight excluding hydrogens is 428 g/mol. The molecule has 2 aromatic carbocycles. The summed E-state index contributed by atoms with van der Waals surface area (Å²) >= 11 is 0. The van der Waals surface area contributed by atoms with Crippen LogP contribution < -0.4 is 0 Å². The lowest BCUT2D eigenvalue weighted by atomic mass is 9.96. The van der Waals surface area contributed by atoms with Gasteiger partial charge in [-0.2, -0.15) is 0 Å². The number of carboxylic acids is 1. The summed E-state index contributed by atoms with van der Waals surface area (Å²) in [4.78, 5) is 19.0. The number of rotatable bonds is 6. The minimum Gasteiger partial charge on any atom is -0.478 e. The molecule has 2 aromatic rings. The Kier molecular flexibility index (Phi) is 6.11. The van der Waals surface area contributed by atoms with Crippen LogP contribution in [0, 0.1) is 0 Å². The molecule has 0 bridgehead atoms. The molecule has 176 valence electrons. The first-order valence-electron chi connectivity index (χ1n) is 11.8. The van der Waals surface area contributed by atoms with E-state index in [0.29, 0.717) is 5.56 Å². The fourth-order valence-corrected chi connectivity index (χ4v) is 4.96. The molecular formula is C27H30N4O3. The van der Waals surface area contributed by atoms with Crippen molar-refractivity contribution in [2.45, 2.75) is 25.8 Å². The number of fused-ring (bicyclic) bond motifs is 1. The Labute approximate surface area is 200 Å². The third-order valence-electron chi connectivity index (χ3n) is 6.70. The first kappa shape index (κ1) is 22.2. The Morgan fingerprint density at radius 1 is 1.12 bits per heavy atom. The Morgan fingerprint density at radius 3 is 2.56 bits per heavy atom. The Bertz CT molecular complexity index is 1160. The van der Waals surface area contributed by atoms with E-state index >= 15 is 0 Å². The van der Waals surface area contributed by atoms with Crippen molar-refractivity contribution in [1.29, 1.82) is 0 Å². The standard InChI is InChI=1S/C27H30N4O3/c1-3-24-25(31-26(28-24)17-21(18-29(31)2)30-12-14-34-15-13-30)16-19-8-10-20(11-9-19)22-6-4-5-7-23(22)27(32)33/h4-11,17-18,25H,3,12-16H2,1-2H3,(H,32,33). The predicted molar refractivity (Wildman–Crippen MR) is 132 cm³/mol. The molecule has 0 spiro atoms. The van der Waals surface area contributed by atoms with Crippen LogP contribution in [0.1, 0.15) is 29.3 Å². The summed E-state index contributed by atoms with van der Waals surface area (Å²) in [6, 6.07) is 15.5. The van der Waals surface area contributed by atoms with Crippen LogP contribution in [0.5, 0.6) is 0 Å². The van der Waals surface area contributed by atoms with E-state index in [-0.39, 0.29) is 6.04 Å². The summed E-state index contributed by atoms with van der Waals surface area (Å²) < 4.78 is 5.51. The van der Waals surface area contributed by atoms with Crippen molar-refractivity contribution < 1.29 is 14.6 Å². The number of hydrazine groups is 1. The summed E-state index contributed by atoms with van der Waals surface area (Å²) in [6.07, 6.45) is 6.09. The van der Waals surface area contributed by atoms with Gasteiger partial charge in [-0.15, -0.1) is 0 Å². The predicted octanol–water partition coefficient (Wildman–Crippen LogP) is 4.00. The average molecular weight is 459 g/mol. The van der Waals surface area contributed by atoms with E-state index in [1.165, 1.54) is 17.0 Å². The number of hydrogen-bond donors (Lipinski definition) is 1. The maximum absolute atomic E-state index is 11.6. The van der Waals surface area contributed by atoms with E-state index in [4.69, 9.17) is 9.73 Å². The quantitative estimate of drug-likeness (QED) is 0.706. The molecule has 3 heterocycles. The van der Waals surface area contributed by atoms with Gasteiger partial charge in [0, 0.05) is 44.5 Å². The van der Waals surface area contributed by atoms with Crippen molar-refractivity contribution >= 4 is 11.7 Å². The molecule has 0 amide bonds. The van der Waals surface area contributed by atoms with Crippen LogP contribution in [-0.2, 0) is 11.2 Å². The van der Waals surface area contributed by atoms with Gasteiger partial charge < -0.3 is 14.7 Å². The molecule has 7 nitrogen and oxygen atoms in total. The minimum atomic E-state index is -0.911. The monoisotopic (exact) mass is 458 g/mol. The SMILES string of the molecule is CCC1=NC2=CC(N3CCOCC3)=CN(C)N2C1Cc1ccc(-c2ccccc2C(=O)O)cc1. The highest BCUT2D eigenvalue weighted by Crippen LogP contribution is 2.32. The molecule has 3 aliphatic rings. The maximum Gasteiger partial charge on any atom is 0.336 e. The van der Waals surface area contributed by atoms with E-state index in [1.54, 1.807) is 12.1 Å². The number of carboxylic acid groups (broad SMARTS) is 1. The molecule has 1 N–H and O–H groups in total. The van der Waals surface area contributed by atoms with E-state index in [1.807, 2.05) is 24.3 Å². The lowest BCUT2D eigenvalue weighted by Gasteiger charge is -2.40. The van der Waals surface area contributed by atoms with Crippen LogP contribution in [0.15, 0.2) is 77.3 Å². The lowest BCUT2D eigenvalue weighted by molar-refractivity contribution is 0.0419. The molecule has 0 radical (unpaired) electrons. The van der Waals surface area contributed by atoms with Crippen molar-refractivity contribution in [2.75, 3.05) is 33.4 Å². The van der Waals surface area contributed by atoms with Gasteiger partial charge >= 0.3 is 5.97 Å². The zero-order valence-electron chi connectivity index (χ0n) is 19.6. The highest BCUT2D eigenvalue weighted by Gasteiger charge is 2.36. The van der Waals surface area contributed by atoms with E-state index in [2.05, 4.69) is 53.3 Å². The van der Waals surface area contributed by atoms with Gasteiger partial charge in [-0.3, -0.25) is 10.0 Å². The number of hydrogen-bond acceptors (Lipinski definition) is 6. The van der Waals surface area contributed by atoms with Gasteiger partial charge in [0.25, 0.3) is 0 Å². The topological polar surface area (TPSA) is 68.6 Å². The smallest absolute Gasteiger partial charge is 0.336 e. The van der Waals surface area contributed by atoms with Crippen LogP contribution >= 0.6 is 0 Å². The average Bonchev–Trinajstić information content (AvgIpc) is 3.22. The van der Waals surface area contributed by atoms with Gasteiger partial charge in [0.05, 0.1) is 30.5 Å². The van der Waals surface area contributed by atoms with Gasteiger partial charge in [0.2, 0.25) is 0 Å². The number of aromatic carboxylic acids is 1. The molecule has 3 aliphatic heterocycles. The van der Waals surface area contributed by atoms with E-state index in [9.17, 15) is 9.90 Å². The Balaban J connectivity index is 1.36. The summed E-state index contributed by atoms with van der Waals surface area (Å²) in [5.74, 6) is 0.0757. The third-order valence-corrected chi connectivity index (χ3v) is 6.70. The lowest BCUT2D eigenvalue weighted by Crippen LogP contribution is -2.47. The van der Waals surface area contributed by atoms with Crippen LogP contribution in [0.4, 0.5) is 0 Å². The number of allylic oxidation sites excluding steroid dienone is 1. The Hall–Kier alpha value is -3.58. The highest BCUT2D eigenvalue weighted by atomic mass is 16.5. The third kappa shape index (κ3) is 4.19. The number of carbonyl (C=O) groups is 1. The van der Waals surface area contributed by atoms with E-state index in [0.717, 1.165) is 56.1 Å². The summed E-state index contributed by atoms with van der Waals surface area (Å²) in [5, 5.41) is 14.0. The molecule has 1 unspecified atom stereocenters. The van der Waals surface area contributed by atoms with Crippen LogP contribution in [0.2, 0.25) is 0 Å². The second-order valence-corrected chi connectivity index (χ2v) is 8.80. The van der Waals surface area contributed by atoms with Crippen LogP contribution in [-0.4, -0.2) is 71.1 Å². The van der Waals surface area contributed by atoms with Gasteiger partial charge in [0.1, 0.15) is 5.82 Å². The second kappa shape index (κ2) is 9.35. The van der Waals surface area contributed by atoms with Gasteiger partial charge in [-0.1, -0.05) is 49.4 Å². The minimum absolute atomic E-state index is 0.154. The summed E-state index contributed by atoms with van der Waals surface area (Å²) in [6.45, 7) is 5.47. The molecule has 0 aromatic heterocycles. The van der Waals surface area contributed by atoms with E-state index < -0.39 is 5.97 Å². The fourth-order valence-electron chi connectivity index (χ4n) is 4.96. The molecule has 34 heavy (non-hydrogen) atoms. The number of ether oxygens (including phenoxy) is 1. The van der Waals surface area contributed by atoms with Crippen LogP contribution in [0.3, 0.4) is 0 Å². The fraction of sp³-hybridized carbons (Fsp3) is 0.333. The van der Waals surface area contributed by atoms with Gasteiger partial charge in [0.15, 0.2) is 0 Å². The first-order valence-corrected chi connectivity index (χ1v) is 11.8. The summed E-state index contributed by atoms with van der Waals surface area (Å²) in [7, 11) is 2.08. The molecule has 1 fully saturated rings. The van der Waals surface area contributed by atoms with Crippen molar-refractivity contribution in [1.82, 2.24) is 14.9 Å². The largest absolute Gasteiger partial charge is 0.478 e. The van der Waals surface area contributed by atoms with Crippen molar-refractivity contribution in [3.8, 4) is 11.1 Å². The normalized spacial score (nSPS) is 20.0. The molecule has 1 saturated heterocycles. The second-order valence-electron chi connectivity index (χ2n) is 8.80. The number of nitrogens with zero attached hydrogens (tertiary/aromatic N) is 4. The summed E-state index contributed by atoms with van der Waals surface area (Å²) in [5.41, 5.74) is 5.51. The maximum atomic E-state index is 11.6. The zero-order valence-corrected chi connectivity index (χ0v) is 19.6. The molecule has 5 rings (SSSR count). The molecule has 1 atom stereocenters. The number of morpholine rings is 1. The number of benzene rings is 2. The van der Waals surface area contributed by atoms with Crippen molar-refractivity contribution in [3.05, 3.63) is 83.5 Å². The molecule has 0 aliphatic carbocycles. The zero-order chi connectivity index (χ0) is 23.7. The highest BCUT2D eigenvalue weighted by molar-refractivity contribution is 5.96. The Morgan fingerprint density at radius 2 is 1.85 bits per heavy atom. The first-order chi connectivity index (χ1) is 16.5. The number of aliphatic imine (C=N–C) groups is 1. The molecule has 0 saturated carbocycles.